The fourth-order valence-corrected chi connectivity index (χ4v) is 4.22. The van der Waals surface area contributed by atoms with Crippen LogP contribution in [-0.4, -0.2) is 10.9 Å². The molecule has 1 N–H and O–H groups in total. The Kier molecular flexibility index (Phi) is 5.58. The number of amides is 1. The Morgan fingerprint density at radius 2 is 1.82 bits per heavy atom. The number of carbonyl (C=O) groups excluding carboxylic acids is 1. The number of carbonyl (C=O) groups is 1. The average molecular weight is 397 g/mol. The van der Waals surface area contributed by atoms with E-state index in [1.807, 2.05) is 30.3 Å². The summed E-state index contributed by atoms with van der Waals surface area (Å²) < 4.78 is 13.7. The Bertz CT molecular complexity index is 982. The van der Waals surface area contributed by atoms with Crippen LogP contribution in [0.4, 0.5) is 4.39 Å². The van der Waals surface area contributed by atoms with E-state index in [-0.39, 0.29) is 17.6 Å². The molecule has 1 heterocycles. The van der Waals surface area contributed by atoms with Crippen LogP contribution in [-0.2, 0) is 11.3 Å². The second-order valence-corrected chi connectivity index (χ2v) is 7.89. The summed E-state index contributed by atoms with van der Waals surface area (Å²) >= 11 is 5.89. The van der Waals surface area contributed by atoms with Crippen LogP contribution in [0.15, 0.2) is 54.7 Å². The number of pyridine rings is 1. The van der Waals surface area contributed by atoms with E-state index in [4.69, 9.17) is 11.6 Å². The molecule has 0 atom stereocenters. The average Bonchev–Trinajstić information content (AvgIpc) is 2.73. The van der Waals surface area contributed by atoms with Crippen LogP contribution in [0.1, 0.15) is 42.7 Å². The van der Waals surface area contributed by atoms with Gasteiger partial charge >= 0.3 is 0 Å². The molecule has 1 aliphatic carbocycles. The number of hydrogen-bond donors (Lipinski definition) is 1. The number of nitrogens with one attached hydrogen (secondary N) is 1. The molecule has 0 saturated heterocycles. The van der Waals surface area contributed by atoms with E-state index in [1.165, 1.54) is 6.07 Å². The highest BCUT2D eigenvalue weighted by Crippen LogP contribution is 2.38. The summed E-state index contributed by atoms with van der Waals surface area (Å²) in [6.07, 6.45) is 5.33. The molecule has 28 heavy (non-hydrogen) atoms. The number of aromatic nitrogens is 1. The van der Waals surface area contributed by atoms with Crippen LogP contribution >= 0.6 is 11.6 Å². The predicted molar refractivity (Wildman–Crippen MR) is 110 cm³/mol. The fraction of sp³-hybridized carbons (Fsp3) is 0.304. The molecule has 144 valence electrons. The van der Waals surface area contributed by atoms with Crippen LogP contribution in [0.3, 0.4) is 0 Å². The van der Waals surface area contributed by atoms with Crippen LogP contribution in [0.2, 0.25) is 5.02 Å². The van der Waals surface area contributed by atoms with Crippen molar-refractivity contribution < 1.29 is 9.18 Å². The molecule has 0 bridgehead atoms. The summed E-state index contributed by atoms with van der Waals surface area (Å²) in [5, 5.41) is 4.62. The van der Waals surface area contributed by atoms with E-state index >= 15 is 0 Å². The number of rotatable bonds is 4. The van der Waals surface area contributed by atoms with Crippen molar-refractivity contribution in [3.8, 4) is 0 Å². The molecular formula is C23H22ClFN2O. The maximum absolute atomic E-state index is 13.7. The largest absolute Gasteiger partial charge is 0.352 e. The molecule has 5 heteroatoms. The summed E-state index contributed by atoms with van der Waals surface area (Å²) in [7, 11) is 0. The molecule has 3 aromatic rings. The Morgan fingerprint density at radius 3 is 2.57 bits per heavy atom. The van der Waals surface area contributed by atoms with Gasteiger partial charge in [-0.05, 0) is 79.1 Å². The van der Waals surface area contributed by atoms with Crippen molar-refractivity contribution in [1.82, 2.24) is 10.3 Å². The summed E-state index contributed by atoms with van der Waals surface area (Å²) in [4.78, 5) is 16.9. The minimum absolute atomic E-state index is 0.0355. The van der Waals surface area contributed by atoms with Gasteiger partial charge in [-0.15, -0.1) is 0 Å². The molecular weight excluding hydrogens is 375 g/mol. The van der Waals surface area contributed by atoms with Gasteiger partial charge in [-0.3, -0.25) is 9.78 Å². The molecule has 0 aliphatic heterocycles. The molecule has 1 aromatic heterocycles. The van der Waals surface area contributed by atoms with Gasteiger partial charge in [-0.1, -0.05) is 23.7 Å². The molecule has 1 fully saturated rings. The van der Waals surface area contributed by atoms with Gasteiger partial charge in [0.1, 0.15) is 5.82 Å². The second-order valence-electron chi connectivity index (χ2n) is 7.45. The first kappa shape index (κ1) is 18.9. The molecule has 2 aromatic carbocycles. The maximum atomic E-state index is 13.7. The first-order valence-corrected chi connectivity index (χ1v) is 10.0. The van der Waals surface area contributed by atoms with Gasteiger partial charge in [0.25, 0.3) is 0 Å². The van der Waals surface area contributed by atoms with Crippen molar-refractivity contribution in [3.63, 3.8) is 0 Å². The minimum Gasteiger partial charge on any atom is -0.352 e. The number of benzene rings is 2. The molecule has 1 amide bonds. The second kappa shape index (κ2) is 8.27. The smallest absolute Gasteiger partial charge is 0.223 e. The molecule has 0 unspecified atom stereocenters. The van der Waals surface area contributed by atoms with Gasteiger partial charge in [0.15, 0.2) is 0 Å². The minimum atomic E-state index is -0.239. The van der Waals surface area contributed by atoms with Crippen molar-refractivity contribution in [3.05, 3.63) is 76.7 Å². The zero-order chi connectivity index (χ0) is 19.5. The number of fused-ring (bicyclic) bond motifs is 1. The van der Waals surface area contributed by atoms with Crippen molar-refractivity contribution in [2.45, 2.75) is 38.1 Å². The third-order valence-electron chi connectivity index (χ3n) is 5.66. The Morgan fingerprint density at radius 1 is 1.07 bits per heavy atom. The fourth-order valence-electron chi connectivity index (χ4n) is 4.10. The lowest BCUT2D eigenvalue weighted by molar-refractivity contribution is -0.126. The molecule has 1 saturated carbocycles. The van der Waals surface area contributed by atoms with Gasteiger partial charge in [0, 0.05) is 29.1 Å². The van der Waals surface area contributed by atoms with E-state index in [0.717, 1.165) is 47.7 Å². The van der Waals surface area contributed by atoms with Gasteiger partial charge in [-0.2, -0.15) is 0 Å². The number of nitrogens with zero attached hydrogens (tertiary/aromatic N) is 1. The quantitative estimate of drug-likeness (QED) is 0.622. The first-order valence-electron chi connectivity index (χ1n) is 9.66. The van der Waals surface area contributed by atoms with Gasteiger partial charge in [0.2, 0.25) is 5.91 Å². The Balaban J connectivity index is 1.37. The first-order chi connectivity index (χ1) is 13.6. The van der Waals surface area contributed by atoms with Crippen molar-refractivity contribution >= 4 is 28.4 Å². The predicted octanol–water partition coefficient (Wildman–Crippen LogP) is 5.62. The summed E-state index contributed by atoms with van der Waals surface area (Å²) in [6, 6.07) is 14.2. The third-order valence-corrected chi connectivity index (χ3v) is 5.91. The zero-order valence-electron chi connectivity index (χ0n) is 15.5. The van der Waals surface area contributed by atoms with Gasteiger partial charge in [0.05, 0.1) is 5.52 Å². The van der Waals surface area contributed by atoms with Crippen molar-refractivity contribution in [1.29, 1.82) is 0 Å². The SMILES string of the molecule is O=C(NCc1ccc(Cl)cc1)[C@H]1CC[C@H](c2ccnc3ccc(F)cc32)CC1. The van der Waals surface area contributed by atoms with Gasteiger partial charge in [-0.25, -0.2) is 4.39 Å². The third kappa shape index (κ3) is 4.17. The molecule has 4 rings (SSSR count). The van der Waals surface area contributed by atoms with E-state index in [2.05, 4.69) is 10.3 Å². The molecule has 1 aliphatic rings. The van der Waals surface area contributed by atoms with Crippen molar-refractivity contribution in [2.75, 3.05) is 0 Å². The Labute approximate surface area is 168 Å². The maximum Gasteiger partial charge on any atom is 0.223 e. The number of hydrogen-bond acceptors (Lipinski definition) is 2. The van der Waals surface area contributed by atoms with Gasteiger partial charge < -0.3 is 5.32 Å². The lowest BCUT2D eigenvalue weighted by Gasteiger charge is -2.28. The highest BCUT2D eigenvalue weighted by molar-refractivity contribution is 6.30. The monoisotopic (exact) mass is 396 g/mol. The lowest BCUT2D eigenvalue weighted by atomic mass is 9.77. The van der Waals surface area contributed by atoms with E-state index in [1.54, 1.807) is 18.3 Å². The van der Waals surface area contributed by atoms with E-state index in [9.17, 15) is 9.18 Å². The Hall–Kier alpha value is -2.46. The van der Waals surface area contributed by atoms with Crippen LogP contribution in [0.25, 0.3) is 10.9 Å². The summed E-state index contributed by atoms with van der Waals surface area (Å²) in [5.74, 6) is 0.247. The summed E-state index contributed by atoms with van der Waals surface area (Å²) in [6.45, 7) is 0.518. The van der Waals surface area contributed by atoms with Crippen LogP contribution in [0.5, 0.6) is 0 Å². The standard InChI is InChI=1S/C23H22ClFN2O/c24-18-7-1-15(2-8-18)14-27-23(28)17-5-3-16(4-6-17)20-11-12-26-22-10-9-19(25)13-21(20)22/h1-2,7-13,16-17H,3-6,14H2,(H,27,28)/t16-,17-. The highest BCUT2D eigenvalue weighted by Gasteiger charge is 2.27. The zero-order valence-corrected chi connectivity index (χ0v) is 16.3. The van der Waals surface area contributed by atoms with E-state index < -0.39 is 0 Å². The van der Waals surface area contributed by atoms with E-state index in [0.29, 0.717) is 17.5 Å². The normalized spacial score (nSPS) is 19.5. The molecule has 3 nitrogen and oxygen atoms in total. The lowest BCUT2D eigenvalue weighted by Crippen LogP contribution is -2.32. The van der Waals surface area contributed by atoms with Crippen molar-refractivity contribution in [2.24, 2.45) is 5.92 Å². The molecule has 0 radical (unpaired) electrons. The van der Waals surface area contributed by atoms with Crippen LogP contribution in [0, 0.1) is 11.7 Å². The topological polar surface area (TPSA) is 42.0 Å². The highest BCUT2D eigenvalue weighted by atomic mass is 35.5. The molecule has 0 spiro atoms. The van der Waals surface area contributed by atoms with Crippen LogP contribution < -0.4 is 5.32 Å². The summed E-state index contributed by atoms with van der Waals surface area (Å²) in [5.41, 5.74) is 3.00. The number of halogens is 2.